The van der Waals surface area contributed by atoms with Gasteiger partial charge in [-0.3, -0.25) is 9.59 Å². The van der Waals surface area contributed by atoms with Crippen molar-refractivity contribution in [2.45, 2.75) is 45.2 Å². The van der Waals surface area contributed by atoms with Gasteiger partial charge in [-0.1, -0.05) is 29.8 Å². The molecule has 5 heteroatoms. The lowest BCUT2D eigenvalue weighted by Crippen LogP contribution is -2.41. The lowest BCUT2D eigenvalue weighted by atomic mass is 10.1. The van der Waals surface area contributed by atoms with Crippen LogP contribution in [0.25, 0.3) is 0 Å². The number of rotatable bonds is 4. The van der Waals surface area contributed by atoms with Gasteiger partial charge in [-0.2, -0.15) is 15.7 Å². The predicted molar refractivity (Wildman–Crippen MR) is 96.9 cm³/mol. The predicted octanol–water partition coefficient (Wildman–Crippen LogP) is 2.81. The number of Topliss-reactive ketones (excluding diaryl/α,β-unsaturated/α-hetero) is 1. The third-order valence-electron chi connectivity index (χ3n) is 4.71. The lowest BCUT2D eigenvalue weighted by Gasteiger charge is -2.24. The minimum absolute atomic E-state index is 0.0156. The van der Waals surface area contributed by atoms with Gasteiger partial charge in [0, 0.05) is 13.0 Å². The van der Waals surface area contributed by atoms with E-state index in [2.05, 4.69) is 6.07 Å². The third kappa shape index (κ3) is 3.44. The van der Waals surface area contributed by atoms with Crippen molar-refractivity contribution in [3.8, 4) is 6.07 Å². The van der Waals surface area contributed by atoms with Gasteiger partial charge in [0.25, 0.3) is 0 Å². The van der Waals surface area contributed by atoms with E-state index >= 15 is 0 Å². The molecule has 1 amide bonds. The van der Waals surface area contributed by atoms with E-state index in [-0.39, 0.29) is 22.2 Å². The molecule has 0 spiro atoms. The van der Waals surface area contributed by atoms with Crippen LogP contribution in [0, 0.1) is 18.3 Å². The van der Waals surface area contributed by atoms with Gasteiger partial charge in [0.2, 0.25) is 11.7 Å². The largest absolute Gasteiger partial charge is 0.328 e. The minimum atomic E-state index is -0.458. The van der Waals surface area contributed by atoms with Crippen LogP contribution in [0.15, 0.2) is 24.3 Å². The molecule has 0 aromatic heterocycles. The van der Waals surface area contributed by atoms with Crippen molar-refractivity contribution in [1.82, 2.24) is 4.90 Å². The molecule has 0 saturated carbocycles. The standard InChI is InChI=1S/C19H22N2O2S/c1-14-5-4-6-15(11-14)13-21-16(7-8-18(21)22)19(23)17(12-20)24-9-2-3-10-24/h4-6,11,16H,2-3,7-10,13H2,1H3. The molecule has 2 fully saturated rings. The molecule has 2 aliphatic rings. The molecule has 1 aromatic carbocycles. The second-order valence-corrected chi connectivity index (χ2v) is 8.69. The van der Waals surface area contributed by atoms with E-state index in [9.17, 15) is 14.9 Å². The maximum absolute atomic E-state index is 12.9. The summed E-state index contributed by atoms with van der Waals surface area (Å²) >= 11 is 0. The number of benzene rings is 1. The first kappa shape index (κ1) is 16.9. The zero-order chi connectivity index (χ0) is 17.1. The summed E-state index contributed by atoms with van der Waals surface area (Å²) in [4.78, 5) is 27.3. The fraction of sp³-hybridized carbons (Fsp3) is 0.474. The first-order chi connectivity index (χ1) is 11.6. The number of carbonyl (C=O) groups excluding carboxylic acids is 2. The number of nitrogens with zero attached hydrogens (tertiary/aromatic N) is 2. The SMILES string of the molecule is Cc1cccc(CN2C(=O)CCC2C(=O)C(C#N)=S2CCCC2)c1. The molecule has 126 valence electrons. The average Bonchev–Trinajstić information content (AvgIpc) is 3.19. The summed E-state index contributed by atoms with van der Waals surface area (Å²) in [6.07, 6.45) is 3.12. The molecule has 2 heterocycles. The van der Waals surface area contributed by atoms with Crippen molar-refractivity contribution in [3.63, 3.8) is 0 Å². The summed E-state index contributed by atoms with van der Waals surface area (Å²) in [7, 11) is -0.199. The fourth-order valence-corrected chi connectivity index (χ4v) is 5.75. The van der Waals surface area contributed by atoms with E-state index in [0.29, 0.717) is 24.3 Å². The number of amides is 1. The Balaban J connectivity index is 1.83. The molecule has 0 aliphatic carbocycles. The zero-order valence-electron chi connectivity index (χ0n) is 14.0. The first-order valence-electron chi connectivity index (χ1n) is 8.44. The molecular weight excluding hydrogens is 320 g/mol. The number of hydrogen-bond donors (Lipinski definition) is 0. The van der Waals surface area contributed by atoms with Crippen molar-refractivity contribution in [2.75, 3.05) is 11.5 Å². The monoisotopic (exact) mass is 342 g/mol. The van der Waals surface area contributed by atoms with Crippen molar-refractivity contribution in [1.29, 1.82) is 5.26 Å². The van der Waals surface area contributed by atoms with Crippen molar-refractivity contribution in [3.05, 3.63) is 35.4 Å². The Bertz CT molecular complexity index is 740. The maximum Gasteiger partial charge on any atom is 0.223 e. The van der Waals surface area contributed by atoms with Crippen LogP contribution < -0.4 is 0 Å². The molecular formula is C19H22N2O2S. The normalized spacial score (nSPS) is 21.1. The van der Waals surface area contributed by atoms with Crippen LogP contribution in [0.4, 0.5) is 0 Å². The smallest absolute Gasteiger partial charge is 0.223 e. The highest BCUT2D eigenvalue weighted by atomic mass is 32.2. The van der Waals surface area contributed by atoms with E-state index < -0.39 is 6.04 Å². The van der Waals surface area contributed by atoms with E-state index in [1.165, 1.54) is 0 Å². The van der Waals surface area contributed by atoms with Gasteiger partial charge in [-0.15, -0.1) is 0 Å². The summed E-state index contributed by atoms with van der Waals surface area (Å²) in [5.74, 6) is 1.81. The van der Waals surface area contributed by atoms with Gasteiger partial charge >= 0.3 is 0 Å². The quantitative estimate of drug-likeness (QED) is 0.791. The van der Waals surface area contributed by atoms with Crippen LogP contribution in [0.2, 0.25) is 0 Å². The molecule has 0 N–H and O–H groups in total. The maximum atomic E-state index is 12.9. The fourth-order valence-electron chi connectivity index (χ4n) is 3.48. The summed E-state index contributed by atoms with van der Waals surface area (Å²) in [5.41, 5.74) is 2.17. The van der Waals surface area contributed by atoms with Gasteiger partial charge in [-0.05, 0) is 43.3 Å². The zero-order valence-corrected chi connectivity index (χ0v) is 14.8. The Morgan fingerprint density at radius 2 is 2.12 bits per heavy atom. The van der Waals surface area contributed by atoms with E-state index in [1.54, 1.807) is 4.90 Å². The number of aryl methyl sites for hydroxylation is 1. The van der Waals surface area contributed by atoms with Crippen molar-refractivity contribution >= 4 is 27.0 Å². The topological polar surface area (TPSA) is 61.2 Å². The van der Waals surface area contributed by atoms with E-state index in [4.69, 9.17) is 0 Å². The van der Waals surface area contributed by atoms with E-state index in [1.807, 2.05) is 31.2 Å². The third-order valence-corrected chi connectivity index (χ3v) is 7.14. The van der Waals surface area contributed by atoms with Gasteiger partial charge in [0.1, 0.15) is 10.9 Å². The Hall–Kier alpha value is -1.93. The van der Waals surface area contributed by atoms with Gasteiger partial charge in [0.05, 0.1) is 6.04 Å². The highest BCUT2D eigenvalue weighted by Gasteiger charge is 2.38. The van der Waals surface area contributed by atoms with E-state index in [0.717, 1.165) is 35.5 Å². The second-order valence-electron chi connectivity index (χ2n) is 6.48. The molecule has 2 aliphatic heterocycles. The van der Waals surface area contributed by atoms with Crippen LogP contribution in [-0.2, 0) is 16.1 Å². The molecule has 0 bridgehead atoms. The van der Waals surface area contributed by atoms with Gasteiger partial charge in [-0.25, -0.2) is 0 Å². The summed E-state index contributed by atoms with van der Waals surface area (Å²) < 4.78 is 0. The Labute approximate surface area is 145 Å². The Morgan fingerprint density at radius 1 is 1.38 bits per heavy atom. The minimum Gasteiger partial charge on any atom is -0.328 e. The Kier molecular flexibility index (Phi) is 5.15. The first-order valence-corrected chi connectivity index (χ1v) is 10.00. The van der Waals surface area contributed by atoms with Crippen LogP contribution in [0.3, 0.4) is 0 Å². The molecule has 1 unspecified atom stereocenters. The average molecular weight is 342 g/mol. The molecule has 24 heavy (non-hydrogen) atoms. The second kappa shape index (κ2) is 7.31. The summed E-state index contributed by atoms with van der Waals surface area (Å²) in [6.45, 7) is 2.46. The molecule has 1 atom stereocenters. The Morgan fingerprint density at radius 3 is 2.79 bits per heavy atom. The number of carbonyl (C=O) groups is 2. The van der Waals surface area contributed by atoms with Crippen LogP contribution in [0.1, 0.15) is 36.8 Å². The molecule has 4 nitrogen and oxygen atoms in total. The molecule has 1 aromatic rings. The van der Waals surface area contributed by atoms with Gasteiger partial charge in [0.15, 0.2) is 0 Å². The van der Waals surface area contributed by atoms with Crippen molar-refractivity contribution in [2.24, 2.45) is 0 Å². The highest BCUT2D eigenvalue weighted by Crippen LogP contribution is 2.30. The number of likely N-dealkylation sites (tertiary alicyclic amines) is 1. The summed E-state index contributed by atoms with van der Waals surface area (Å²) in [5, 5.41) is 9.49. The number of hydrogen-bond acceptors (Lipinski definition) is 3. The lowest BCUT2D eigenvalue weighted by molar-refractivity contribution is -0.132. The molecule has 0 radical (unpaired) electrons. The molecule has 3 rings (SSSR count). The van der Waals surface area contributed by atoms with Crippen molar-refractivity contribution < 1.29 is 9.59 Å². The van der Waals surface area contributed by atoms with Crippen LogP contribution in [-0.4, -0.2) is 39.0 Å². The highest BCUT2D eigenvalue weighted by molar-refractivity contribution is 8.17. The van der Waals surface area contributed by atoms with Gasteiger partial charge < -0.3 is 4.90 Å². The number of ketones is 1. The molecule has 2 saturated heterocycles. The number of nitriles is 1. The van der Waals surface area contributed by atoms with Crippen LogP contribution >= 0.6 is 10.5 Å². The van der Waals surface area contributed by atoms with Crippen LogP contribution in [0.5, 0.6) is 0 Å². The summed E-state index contributed by atoms with van der Waals surface area (Å²) in [6, 6.07) is 9.72.